The molecule has 0 fully saturated rings. The van der Waals surface area contributed by atoms with Crippen LogP contribution in [0.4, 0.5) is 0 Å². The van der Waals surface area contributed by atoms with Crippen molar-refractivity contribution in [2.24, 2.45) is 5.73 Å². The fraction of sp³-hybridized carbons (Fsp3) is 0.256. The molecule has 44 heavy (non-hydrogen) atoms. The summed E-state index contributed by atoms with van der Waals surface area (Å²) in [6, 6.07) is 27.0. The maximum atomic E-state index is 5.70. The zero-order valence-electron chi connectivity index (χ0n) is 26.0. The van der Waals surface area contributed by atoms with E-state index < -0.39 is 0 Å². The molecular formula is C43H45N. The number of nitrogens with two attached hydrogens (primary N) is 1. The third-order valence-corrected chi connectivity index (χ3v) is 9.42. The minimum atomic E-state index is 0.776. The molecule has 0 unspecified atom stereocenters. The minimum Gasteiger partial charge on any atom is -0.330 e. The van der Waals surface area contributed by atoms with E-state index in [4.69, 9.17) is 5.73 Å². The van der Waals surface area contributed by atoms with Crippen LogP contribution >= 0.6 is 0 Å². The first-order valence-electron chi connectivity index (χ1n) is 16.5. The van der Waals surface area contributed by atoms with Crippen molar-refractivity contribution in [3.05, 3.63) is 159 Å². The number of benzene rings is 3. The number of hydrogen-bond donors (Lipinski definition) is 1. The third kappa shape index (κ3) is 6.79. The molecule has 3 aliphatic rings. The largest absolute Gasteiger partial charge is 0.330 e. The molecule has 3 aromatic carbocycles. The van der Waals surface area contributed by atoms with E-state index in [9.17, 15) is 0 Å². The van der Waals surface area contributed by atoms with E-state index >= 15 is 0 Å². The van der Waals surface area contributed by atoms with E-state index in [2.05, 4.69) is 116 Å². The zero-order chi connectivity index (χ0) is 30.1. The van der Waals surface area contributed by atoms with Gasteiger partial charge in [0.2, 0.25) is 0 Å². The second-order valence-corrected chi connectivity index (χ2v) is 12.2. The van der Waals surface area contributed by atoms with Crippen LogP contribution in [0.25, 0.3) is 28.4 Å². The number of unbranched alkanes of at least 4 members (excludes halogenated alkanes) is 1. The lowest BCUT2D eigenvalue weighted by molar-refractivity contribution is 0.744. The lowest BCUT2D eigenvalue weighted by atomic mass is 9.83. The monoisotopic (exact) mass is 575 g/mol. The Hall–Kier alpha value is -4.20. The molecule has 1 nitrogen and oxygen atoms in total. The Labute approximate surface area is 263 Å². The summed E-state index contributed by atoms with van der Waals surface area (Å²) in [5, 5.41) is 5.57. The van der Waals surface area contributed by atoms with Crippen LogP contribution in [-0.4, -0.2) is 6.54 Å². The van der Waals surface area contributed by atoms with E-state index in [0.29, 0.717) is 0 Å². The number of aryl methyl sites for hydroxylation is 1. The predicted octanol–water partition coefficient (Wildman–Crippen LogP) is 7.35. The number of allylic oxidation sites excluding steroid dienone is 9. The molecule has 222 valence electrons. The fourth-order valence-corrected chi connectivity index (χ4v) is 7.14. The van der Waals surface area contributed by atoms with Crippen LogP contribution in [0.1, 0.15) is 68.9 Å². The predicted molar refractivity (Wildman–Crippen MR) is 190 cm³/mol. The molecule has 3 aliphatic carbocycles. The van der Waals surface area contributed by atoms with Crippen molar-refractivity contribution in [2.45, 2.75) is 64.2 Å². The standard InChI is InChI=1S/C43H45N/c1-2-12-34(40-23-11-18-35-15-3-4-20-39(35)40)16-10-17-36-28-29-42(43-22-6-5-21-41(36)43)37-26-24-33(25-27-37)38-19-9-14-32(31-38)13-7-8-30-44/h2-6,9-10,12,14-16,18-22,24,26,31H,1,7-8,11,13,17,23,25,27-30,44H2/b16-10-,34-12+. The van der Waals surface area contributed by atoms with Gasteiger partial charge in [-0.2, -0.15) is 0 Å². The Kier molecular flexibility index (Phi) is 9.85. The van der Waals surface area contributed by atoms with E-state index in [0.717, 1.165) is 70.8 Å². The highest BCUT2D eigenvalue weighted by Crippen LogP contribution is 2.34. The van der Waals surface area contributed by atoms with Gasteiger partial charge in [-0.1, -0.05) is 127 Å². The van der Waals surface area contributed by atoms with Crippen LogP contribution in [0.5, 0.6) is 0 Å². The van der Waals surface area contributed by atoms with Gasteiger partial charge in [0.1, 0.15) is 0 Å². The quantitative estimate of drug-likeness (QED) is 0.188. The molecule has 0 aromatic heterocycles. The van der Waals surface area contributed by atoms with Gasteiger partial charge in [0.25, 0.3) is 0 Å². The molecule has 6 rings (SSSR count). The Balaban J connectivity index is 1.26. The van der Waals surface area contributed by atoms with Crippen molar-refractivity contribution in [3.63, 3.8) is 0 Å². The van der Waals surface area contributed by atoms with Crippen LogP contribution in [0.2, 0.25) is 0 Å². The SMILES string of the molecule is C=C/C=C(\C=C/CC1=c2ccccc2=C(C2=CC=C(c3cccc(CCCCN)c3)CC2)CC1)C1=c2ccccc2=CCC1. The van der Waals surface area contributed by atoms with Gasteiger partial charge in [0.15, 0.2) is 0 Å². The molecule has 1 heteroatoms. The first kappa shape index (κ1) is 29.9. The van der Waals surface area contributed by atoms with Crippen LogP contribution < -0.4 is 26.6 Å². The molecule has 0 saturated heterocycles. The highest BCUT2D eigenvalue weighted by atomic mass is 14.5. The maximum Gasteiger partial charge on any atom is -0.00772 e. The zero-order valence-corrected chi connectivity index (χ0v) is 26.0. The molecule has 0 aliphatic heterocycles. The minimum absolute atomic E-state index is 0.776. The molecule has 0 heterocycles. The summed E-state index contributed by atoms with van der Waals surface area (Å²) in [6.45, 7) is 4.79. The summed E-state index contributed by atoms with van der Waals surface area (Å²) >= 11 is 0. The molecule has 0 bridgehead atoms. The van der Waals surface area contributed by atoms with Crippen LogP contribution in [0, 0.1) is 0 Å². The summed E-state index contributed by atoms with van der Waals surface area (Å²) in [5.41, 5.74) is 17.3. The Morgan fingerprint density at radius 3 is 2.39 bits per heavy atom. The van der Waals surface area contributed by atoms with E-state index in [1.807, 2.05) is 6.08 Å². The Morgan fingerprint density at radius 1 is 0.773 bits per heavy atom. The molecule has 2 N–H and O–H groups in total. The lowest BCUT2D eigenvalue weighted by Gasteiger charge is -2.22. The molecular weight excluding hydrogens is 530 g/mol. The molecule has 3 aromatic rings. The van der Waals surface area contributed by atoms with Crippen molar-refractivity contribution >= 4 is 28.4 Å². The second kappa shape index (κ2) is 14.5. The molecule has 0 radical (unpaired) electrons. The van der Waals surface area contributed by atoms with Crippen LogP contribution in [-0.2, 0) is 6.42 Å². The van der Waals surface area contributed by atoms with E-state index in [1.54, 1.807) is 5.57 Å². The second-order valence-electron chi connectivity index (χ2n) is 12.2. The van der Waals surface area contributed by atoms with Crippen molar-refractivity contribution in [1.82, 2.24) is 0 Å². The fourth-order valence-electron chi connectivity index (χ4n) is 7.14. The highest BCUT2D eigenvalue weighted by molar-refractivity contribution is 5.76. The number of fused-ring (bicyclic) bond motifs is 2. The topological polar surface area (TPSA) is 26.0 Å². The van der Waals surface area contributed by atoms with Gasteiger partial charge < -0.3 is 5.73 Å². The Bertz CT molecular complexity index is 1910. The average Bonchev–Trinajstić information content (AvgIpc) is 3.08. The lowest BCUT2D eigenvalue weighted by Crippen LogP contribution is -2.32. The summed E-state index contributed by atoms with van der Waals surface area (Å²) in [6.07, 6.45) is 26.9. The Morgan fingerprint density at radius 2 is 1.57 bits per heavy atom. The number of rotatable bonds is 11. The van der Waals surface area contributed by atoms with Crippen molar-refractivity contribution in [3.8, 4) is 0 Å². The highest BCUT2D eigenvalue weighted by Gasteiger charge is 2.17. The molecule has 0 atom stereocenters. The number of hydrogen-bond acceptors (Lipinski definition) is 1. The van der Waals surface area contributed by atoms with Gasteiger partial charge in [-0.05, 0) is 131 Å². The summed E-state index contributed by atoms with van der Waals surface area (Å²) in [7, 11) is 0. The van der Waals surface area contributed by atoms with Gasteiger partial charge in [-0.15, -0.1) is 0 Å². The normalized spacial score (nSPS) is 16.7. The summed E-state index contributed by atoms with van der Waals surface area (Å²) in [4.78, 5) is 0. The first-order chi connectivity index (χ1) is 21.7. The van der Waals surface area contributed by atoms with Crippen molar-refractivity contribution in [2.75, 3.05) is 6.54 Å². The van der Waals surface area contributed by atoms with E-state index in [-0.39, 0.29) is 0 Å². The van der Waals surface area contributed by atoms with Crippen LogP contribution in [0.15, 0.2) is 127 Å². The molecule has 0 saturated carbocycles. The third-order valence-electron chi connectivity index (χ3n) is 9.42. The average molecular weight is 576 g/mol. The smallest absolute Gasteiger partial charge is 0.00772 e. The molecule has 0 amide bonds. The van der Waals surface area contributed by atoms with Gasteiger partial charge >= 0.3 is 0 Å². The first-order valence-corrected chi connectivity index (χ1v) is 16.5. The molecule has 0 spiro atoms. The van der Waals surface area contributed by atoms with Gasteiger partial charge in [-0.3, -0.25) is 0 Å². The summed E-state index contributed by atoms with van der Waals surface area (Å²) in [5.74, 6) is 0. The van der Waals surface area contributed by atoms with Gasteiger partial charge in [-0.25, -0.2) is 0 Å². The van der Waals surface area contributed by atoms with Gasteiger partial charge in [0.05, 0.1) is 0 Å². The maximum absolute atomic E-state index is 5.70. The van der Waals surface area contributed by atoms with Crippen molar-refractivity contribution in [1.29, 1.82) is 0 Å². The van der Waals surface area contributed by atoms with Gasteiger partial charge in [0, 0.05) is 0 Å². The van der Waals surface area contributed by atoms with E-state index in [1.165, 1.54) is 59.9 Å². The van der Waals surface area contributed by atoms with Crippen LogP contribution in [0.3, 0.4) is 0 Å². The summed E-state index contributed by atoms with van der Waals surface area (Å²) < 4.78 is 0. The van der Waals surface area contributed by atoms with Crippen molar-refractivity contribution < 1.29 is 0 Å².